The van der Waals surface area contributed by atoms with Crippen LogP contribution in [0.4, 0.5) is 52.7 Å². The van der Waals surface area contributed by atoms with E-state index in [1.807, 2.05) is 0 Å². The van der Waals surface area contributed by atoms with Crippen LogP contribution < -0.4 is 0 Å². The summed E-state index contributed by atoms with van der Waals surface area (Å²) in [6.45, 7) is 0. The third kappa shape index (κ3) is 4.10. The van der Waals surface area contributed by atoms with E-state index in [-0.39, 0.29) is 0 Å². The maximum atomic E-state index is 12.3. The number of hydrogen-bond acceptors (Lipinski definition) is 2. The summed E-state index contributed by atoms with van der Waals surface area (Å²) >= 11 is 0. The molecular weight excluding hydrogens is 344 g/mol. The zero-order valence-electron chi connectivity index (χ0n) is 8.85. The number of ether oxygens (including phenoxy) is 2. The molecule has 0 amide bonds. The van der Waals surface area contributed by atoms with E-state index in [9.17, 15) is 52.7 Å². The van der Waals surface area contributed by atoms with E-state index in [2.05, 4.69) is 9.47 Å². The van der Waals surface area contributed by atoms with Crippen LogP contribution in [0.3, 0.4) is 0 Å². The lowest BCUT2D eigenvalue weighted by atomic mass is 10.2. The summed E-state index contributed by atoms with van der Waals surface area (Å²) in [6.07, 6.45) is -21.5. The van der Waals surface area contributed by atoms with Crippen molar-refractivity contribution in [2.24, 2.45) is 0 Å². The first-order valence-electron chi connectivity index (χ1n) is 4.08. The summed E-state index contributed by atoms with van der Waals surface area (Å²) in [5.41, 5.74) is 0. The Morgan fingerprint density at radius 3 is 0.905 bits per heavy atom. The first-order chi connectivity index (χ1) is 9.15. The lowest BCUT2D eigenvalue weighted by Gasteiger charge is -2.34. The molecule has 0 aromatic carbocycles. The molecule has 0 aliphatic rings. The molecular formula is C7F12O2. The molecule has 0 fully saturated rings. The molecule has 0 spiro atoms. The van der Waals surface area contributed by atoms with E-state index in [1.54, 1.807) is 0 Å². The highest BCUT2D eigenvalue weighted by atomic mass is 19.4. The number of halogens is 12. The van der Waals surface area contributed by atoms with Crippen LogP contribution in [0.5, 0.6) is 0 Å². The van der Waals surface area contributed by atoms with Crippen molar-refractivity contribution in [1.82, 2.24) is 0 Å². The molecule has 14 heteroatoms. The van der Waals surface area contributed by atoms with Crippen LogP contribution in [-0.2, 0) is 9.47 Å². The Morgan fingerprint density at radius 2 is 0.762 bits per heavy atom. The molecule has 0 aliphatic carbocycles. The Hall–Kier alpha value is -1.76. The van der Waals surface area contributed by atoms with Gasteiger partial charge in [-0.1, -0.05) is 0 Å². The van der Waals surface area contributed by atoms with E-state index < -0.39 is 42.3 Å². The Labute approximate surface area is 106 Å². The molecule has 2 nitrogen and oxygen atoms in total. The van der Waals surface area contributed by atoms with Crippen molar-refractivity contribution in [3.63, 3.8) is 0 Å². The second-order valence-electron chi connectivity index (χ2n) is 2.88. The van der Waals surface area contributed by atoms with Crippen molar-refractivity contribution >= 4 is 0 Å². The van der Waals surface area contributed by atoms with Gasteiger partial charge in [0.2, 0.25) is 0 Å². The van der Waals surface area contributed by atoms with Gasteiger partial charge in [-0.2, -0.15) is 52.7 Å². The van der Waals surface area contributed by atoms with Gasteiger partial charge in [-0.3, -0.25) is 0 Å². The van der Waals surface area contributed by atoms with E-state index in [0.717, 1.165) is 0 Å². The molecule has 0 rings (SSSR count). The fourth-order valence-corrected chi connectivity index (χ4v) is 0.743. The second kappa shape index (κ2) is 5.93. The van der Waals surface area contributed by atoms with E-state index in [4.69, 9.17) is 0 Å². The molecule has 0 bridgehead atoms. The van der Waals surface area contributed by atoms with Crippen LogP contribution in [0.2, 0.25) is 0 Å². The van der Waals surface area contributed by atoms with Crippen molar-refractivity contribution in [2.45, 2.75) is 18.1 Å². The van der Waals surface area contributed by atoms with Crippen LogP contribution in [0.1, 0.15) is 0 Å². The van der Waals surface area contributed by atoms with Gasteiger partial charge in [0.15, 0.2) is 0 Å². The first-order valence-corrected chi connectivity index (χ1v) is 4.08. The standard InChI is InChI=1S/C7F12O2/c8-1(9)3(12)20-5(6(14,15)16,7(17,18)19)21-4(13)2(10)11. The normalized spacial score (nSPS) is 12.8. The molecule has 0 atom stereocenters. The summed E-state index contributed by atoms with van der Waals surface area (Å²) < 4.78 is 149. The fraction of sp³-hybridized carbons (Fsp3) is 0.429. The predicted molar refractivity (Wildman–Crippen MR) is 37.7 cm³/mol. The van der Waals surface area contributed by atoms with E-state index in [1.165, 1.54) is 0 Å². The highest BCUT2D eigenvalue weighted by Crippen LogP contribution is 2.49. The van der Waals surface area contributed by atoms with Gasteiger partial charge in [0.05, 0.1) is 0 Å². The summed E-state index contributed by atoms with van der Waals surface area (Å²) in [7, 11) is 0. The van der Waals surface area contributed by atoms with Crippen molar-refractivity contribution in [2.75, 3.05) is 0 Å². The van der Waals surface area contributed by atoms with E-state index >= 15 is 0 Å². The van der Waals surface area contributed by atoms with Gasteiger partial charge in [0.1, 0.15) is 0 Å². The van der Waals surface area contributed by atoms with Crippen molar-refractivity contribution in [1.29, 1.82) is 0 Å². The molecule has 21 heavy (non-hydrogen) atoms. The number of hydrogen-bond donors (Lipinski definition) is 0. The molecule has 0 saturated heterocycles. The molecule has 0 heterocycles. The van der Waals surface area contributed by atoms with Crippen LogP contribution in [0.25, 0.3) is 0 Å². The Bertz CT molecular complexity index is 394. The van der Waals surface area contributed by atoms with Crippen LogP contribution in [0.15, 0.2) is 24.2 Å². The minimum absolute atomic E-state index is 2.23. The first kappa shape index (κ1) is 19.2. The third-order valence-electron chi connectivity index (χ3n) is 1.51. The van der Waals surface area contributed by atoms with Crippen LogP contribution >= 0.6 is 0 Å². The Balaban J connectivity index is 6.17. The number of rotatable bonds is 4. The third-order valence-corrected chi connectivity index (χ3v) is 1.51. The van der Waals surface area contributed by atoms with Crippen molar-refractivity contribution in [3.8, 4) is 0 Å². The maximum Gasteiger partial charge on any atom is 0.478 e. The van der Waals surface area contributed by atoms with Gasteiger partial charge < -0.3 is 9.47 Å². The molecule has 0 saturated carbocycles. The topological polar surface area (TPSA) is 18.5 Å². The molecule has 0 unspecified atom stereocenters. The summed E-state index contributed by atoms with van der Waals surface area (Å²) in [5.74, 6) is -6.44. The predicted octanol–water partition coefficient (Wildman–Crippen LogP) is 4.91. The summed E-state index contributed by atoms with van der Waals surface area (Å²) in [6, 6.07) is -7.51. The Morgan fingerprint density at radius 1 is 0.524 bits per heavy atom. The summed E-state index contributed by atoms with van der Waals surface area (Å²) in [4.78, 5) is 0. The highest BCUT2D eigenvalue weighted by Gasteiger charge is 2.78. The largest absolute Gasteiger partial charge is 0.478 e. The zero-order chi connectivity index (χ0) is 17.2. The lowest BCUT2D eigenvalue weighted by Crippen LogP contribution is -2.60. The molecule has 0 N–H and O–H groups in total. The quantitative estimate of drug-likeness (QED) is 0.410. The lowest BCUT2D eigenvalue weighted by molar-refractivity contribution is -0.459. The minimum Gasteiger partial charge on any atom is -0.408 e. The number of alkyl halides is 6. The highest BCUT2D eigenvalue weighted by molar-refractivity contribution is 4.97. The van der Waals surface area contributed by atoms with Gasteiger partial charge in [0, 0.05) is 0 Å². The maximum absolute atomic E-state index is 12.3. The molecule has 0 aliphatic heterocycles. The summed E-state index contributed by atoms with van der Waals surface area (Å²) in [5, 5.41) is 0. The second-order valence-corrected chi connectivity index (χ2v) is 2.88. The molecule has 0 aromatic rings. The van der Waals surface area contributed by atoms with E-state index in [0.29, 0.717) is 0 Å². The van der Waals surface area contributed by atoms with Crippen LogP contribution in [-0.4, -0.2) is 18.1 Å². The van der Waals surface area contributed by atoms with Crippen molar-refractivity contribution < 1.29 is 62.2 Å². The fourth-order valence-electron chi connectivity index (χ4n) is 0.743. The average molecular weight is 344 g/mol. The average Bonchev–Trinajstić information content (AvgIpc) is 2.23. The smallest absolute Gasteiger partial charge is 0.408 e. The Kier molecular flexibility index (Phi) is 5.43. The van der Waals surface area contributed by atoms with Gasteiger partial charge in [-0.05, 0) is 0 Å². The van der Waals surface area contributed by atoms with Gasteiger partial charge in [-0.25, -0.2) is 0 Å². The SMILES string of the molecule is FC(F)=C(F)OC(OC(F)=C(F)F)(C(F)(F)F)C(F)(F)F. The molecule has 0 aromatic heterocycles. The molecule has 124 valence electrons. The van der Waals surface area contributed by atoms with Crippen LogP contribution in [0, 0.1) is 0 Å². The molecule has 0 radical (unpaired) electrons. The van der Waals surface area contributed by atoms with Gasteiger partial charge in [0.25, 0.3) is 0 Å². The van der Waals surface area contributed by atoms with Crippen molar-refractivity contribution in [3.05, 3.63) is 24.2 Å². The zero-order valence-corrected chi connectivity index (χ0v) is 8.85. The monoisotopic (exact) mass is 344 g/mol. The van der Waals surface area contributed by atoms with Gasteiger partial charge in [-0.15, -0.1) is 0 Å². The van der Waals surface area contributed by atoms with Gasteiger partial charge >= 0.3 is 42.3 Å². The minimum atomic E-state index is -6.95.